The number of nitro groups is 1. The molecule has 0 atom stereocenters. The van der Waals surface area contributed by atoms with Crippen molar-refractivity contribution in [3.63, 3.8) is 0 Å². The summed E-state index contributed by atoms with van der Waals surface area (Å²) in [7, 11) is 1.55. The van der Waals surface area contributed by atoms with Crippen LogP contribution in [0.25, 0.3) is 0 Å². The summed E-state index contributed by atoms with van der Waals surface area (Å²) in [6, 6.07) is 0. The lowest BCUT2D eigenvalue weighted by Gasteiger charge is -1.97. The summed E-state index contributed by atoms with van der Waals surface area (Å²) < 4.78 is 4.94. The van der Waals surface area contributed by atoms with E-state index in [2.05, 4.69) is 0 Å². The highest BCUT2D eigenvalue weighted by molar-refractivity contribution is 5.24. The zero-order chi connectivity index (χ0) is 8.97. The third-order valence-electron chi connectivity index (χ3n) is 1.52. The predicted octanol–water partition coefficient (Wildman–Crippen LogP) is 1.64. The van der Waals surface area contributed by atoms with Crippen LogP contribution in [-0.4, -0.2) is 12.0 Å². The van der Waals surface area contributed by atoms with Crippen molar-refractivity contribution in [2.45, 2.75) is 6.42 Å². The van der Waals surface area contributed by atoms with Crippen molar-refractivity contribution in [1.29, 1.82) is 0 Å². The van der Waals surface area contributed by atoms with Gasteiger partial charge < -0.3 is 4.74 Å². The Balaban J connectivity index is 2.85. The highest BCUT2D eigenvalue weighted by atomic mass is 16.6. The van der Waals surface area contributed by atoms with Gasteiger partial charge in [-0.15, -0.1) is 0 Å². The fourth-order valence-corrected chi connectivity index (χ4v) is 0.871. The van der Waals surface area contributed by atoms with E-state index < -0.39 is 4.92 Å². The standard InChI is InChI=1S/C8H9NO3/c1-12-8-4-2-3-7(5-6-8)9(10)11/h2-3,5-6H,4H2,1H3. The summed E-state index contributed by atoms with van der Waals surface area (Å²) in [5.74, 6) is 0.725. The van der Waals surface area contributed by atoms with Gasteiger partial charge in [0.15, 0.2) is 0 Å². The van der Waals surface area contributed by atoms with Gasteiger partial charge in [0.05, 0.1) is 17.8 Å². The molecule has 4 nitrogen and oxygen atoms in total. The van der Waals surface area contributed by atoms with Crippen molar-refractivity contribution in [2.24, 2.45) is 0 Å². The van der Waals surface area contributed by atoms with Gasteiger partial charge in [0.2, 0.25) is 0 Å². The molecule has 0 fully saturated rings. The molecule has 0 spiro atoms. The van der Waals surface area contributed by atoms with Crippen LogP contribution in [0.1, 0.15) is 6.42 Å². The Bertz CT molecular complexity index is 276. The molecular weight excluding hydrogens is 158 g/mol. The Morgan fingerprint density at radius 3 is 2.92 bits per heavy atom. The molecule has 0 unspecified atom stereocenters. The lowest BCUT2D eigenvalue weighted by molar-refractivity contribution is -0.419. The van der Waals surface area contributed by atoms with Gasteiger partial charge in [-0.2, -0.15) is 0 Å². The van der Waals surface area contributed by atoms with Crippen molar-refractivity contribution in [3.8, 4) is 0 Å². The van der Waals surface area contributed by atoms with E-state index in [4.69, 9.17) is 4.74 Å². The molecule has 0 aromatic heterocycles. The predicted molar refractivity (Wildman–Crippen MR) is 43.9 cm³/mol. The van der Waals surface area contributed by atoms with Gasteiger partial charge >= 0.3 is 0 Å². The molecule has 4 heteroatoms. The topological polar surface area (TPSA) is 52.4 Å². The largest absolute Gasteiger partial charge is 0.501 e. The zero-order valence-electron chi connectivity index (χ0n) is 6.69. The van der Waals surface area contributed by atoms with Crippen LogP contribution in [0.4, 0.5) is 0 Å². The maximum absolute atomic E-state index is 10.3. The number of allylic oxidation sites excluding steroid dienone is 4. The molecular formula is C8H9NO3. The van der Waals surface area contributed by atoms with E-state index in [-0.39, 0.29) is 5.70 Å². The number of hydrogen-bond donors (Lipinski definition) is 0. The normalized spacial score (nSPS) is 16.1. The average molecular weight is 167 g/mol. The van der Waals surface area contributed by atoms with Crippen LogP contribution in [0.5, 0.6) is 0 Å². The maximum Gasteiger partial charge on any atom is 0.269 e. The summed E-state index contributed by atoms with van der Waals surface area (Å²) in [4.78, 5) is 9.89. The molecule has 1 aliphatic carbocycles. The summed E-state index contributed by atoms with van der Waals surface area (Å²) >= 11 is 0. The monoisotopic (exact) mass is 167 g/mol. The van der Waals surface area contributed by atoms with Crippen LogP contribution in [0.15, 0.2) is 35.8 Å². The first-order valence-corrected chi connectivity index (χ1v) is 3.50. The fraction of sp³-hybridized carbons (Fsp3) is 0.250. The van der Waals surface area contributed by atoms with Crippen LogP contribution < -0.4 is 0 Å². The van der Waals surface area contributed by atoms with Crippen LogP contribution in [0, 0.1) is 10.1 Å². The minimum absolute atomic E-state index is 0.0852. The van der Waals surface area contributed by atoms with E-state index >= 15 is 0 Å². The molecule has 0 aromatic rings. The van der Waals surface area contributed by atoms with Gasteiger partial charge in [-0.25, -0.2) is 0 Å². The number of hydrogen-bond acceptors (Lipinski definition) is 3. The summed E-state index contributed by atoms with van der Waals surface area (Å²) in [6.07, 6.45) is 6.82. The second-order valence-corrected chi connectivity index (χ2v) is 2.29. The second kappa shape index (κ2) is 3.71. The number of methoxy groups -OCH3 is 1. The number of ether oxygens (including phenoxy) is 1. The Kier molecular flexibility index (Phi) is 2.63. The second-order valence-electron chi connectivity index (χ2n) is 2.29. The number of rotatable bonds is 2. The third-order valence-corrected chi connectivity index (χ3v) is 1.52. The van der Waals surface area contributed by atoms with Gasteiger partial charge in [0.1, 0.15) is 0 Å². The summed E-state index contributed by atoms with van der Waals surface area (Å²) in [5.41, 5.74) is 0.0852. The summed E-state index contributed by atoms with van der Waals surface area (Å²) in [5, 5.41) is 10.3. The van der Waals surface area contributed by atoms with Crippen molar-refractivity contribution >= 4 is 0 Å². The van der Waals surface area contributed by atoms with Gasteiger partial charge in [-0.1, -0.05) is 6.08 Å². The smallest absolute Gasteiger partial charge is 0.269 e. The Morgan fingerprint density at radius 1 is 1.58 bits per heavy atom. The van der Waals surface area contributed by atoms with Crippen LogP contribution in [0.3, 0.4) is 0 Å². The van der Waals surface area contributed by atoms with Gasteiger partial charge in [-0.3, -0.25) is 10.1 Å². The fourth-order valence-electron chi connectivity index (χ4n) is 0.871. The van der Waals surface area contributed by atoms with E-state index in [1.807, 2.05) is 0 Å². The maximum atomic E-state index is 10.3. The first-order chi connectivity index (χ1) is 5.74. The van der Waals surface area contributed by atoms with E-state index in [0.717, 1.165) is 5.76 Å². The van der Waals surface area contributed by atoms with E-state index in [1.54, 1.807) is 19.3 Å². The zero-order valence-corrected chi connectivity index (χ0v) is 6.69. The first kappa shape index (κ1) is 8.52. The van der Waals surface area contributed by atoms with Gasteiger partial charge in [-0.05, 0) is 6.08 Å². The van der Waals surface area contributed by atoms with Crippen molar-refractivity contribution in [3.05, 3.63) is 45.9 Å². The summed E-state index contributed by atoms with van der Waals surface area (Å²) in [6.45, 7) is 0. The van der Waals surface area contributed by atoms with Gasteiger partial charge in [0.25, 0.3) is 5.70 Å². The Hall–Kier alpha value is -1.58. The van der Waals surface area contributed by atoms with Crippen LogP contribution >= 0.6 is 0 Å². The molecule has 0 bridgehead atoms. The van der Waals surface area contributed by atoms with Gasteiger partial charge in [0, 0.05) is 18.6 Å². The first-order valence-electron chi connectivity index (χ1n) is 3.50. The van der Waals surface area contributed by atoms with Crippen molar-refractivity contribution in [2.75, 3.05) is 7.11 Å². The van der Waals surface area contributed by atoms with E-state index in [0.29, 0.717) is 6.42 Å². The molecule has 0 N–H and O–H groups in total. The molecule has 64 valence electrons. The molecule has 0 saturated carbocycles. The molecule has 0 amide bonds. The molecule has 0 saturated heterocycles. The lowest BCUT2D eigenvalue weighted by atomic mass is 10.3. The molecule has 1 rings (SSSR count). The SMILES string of the molecule is COC1=CC=C([N+](=O)[O-])C=CC1. The quantitative estimate of drug-likeness (QED) is 0.464. The lowest BCUT2D eigenvalue weighted by Crippen LogP contribution is -1.93. The minimum Gasteiger partial charge on any atom is -0.501 e. The van der Waals surface area contributed by atoms with Crippen LogP contribution in [-0.2, 0) is 4.74 Å². The number of nitrogens with zero attached hydrogens (tertiary/aromatic N) is 1. The highest BCUT2D eigenvalue weighted by Crippen LogP contribution is 2.11. The molecule has 0 radical (unpaired) electrons. The molecule has 0 aliphatic heterocycles. The molecule has 1 aliphatic rings. The van der Waals surface area contributed by atoms with Crippen LogP contribution in [0.2, 0.25) is 0 Å². The Labute approximate surface area is 70.0 Å². The highest BCUT2D eigenvalue weighted by Gasteiger charge is 2.07. The third kappa shape index (κ3) is 1.95. The van der Waals surface area contributed by atoms with E-state index in [1.165, 1.54) is 12.2 Å². The van der Waals surface area contributed by atoms with Crippen molar-refractivity contribution < 1.29 is 9.66 Å². The minimum atomic E-state index is -0.425. The molecule has 0 aromatic carbocycles. The van der Waals surface area contributed by atoms with E-state index in [9.17, 15) is 10.1 Å². The average Bonchev–Trinajstić information content (AvgIpc) is 2.28. The molecule has 0 heterocycles. The molecule has 12 heavy (non-hydrogen) atoms. The van der Waals surface area contributed by atoms with Crippen molar-refractivity contribution in [1.82, 2.24) is 0 Å². The Morgan fingerprint density at radius 2 is 2.33 bits per heavy atom.